The van der Waals surface area contributed by atoms with Gasteiger partial charge in [-0.2, -0.15) is 5.10 Å². The Morgan fingerprint density at radius 2 is 1.70 bits per heavy atom. The minimum Gasteiger partial charge on any atom is -0.336 e. The first-order chi connectivity index (χ1) is 18.0. The van der Waals surface area contributed by atoms with Gasteiger partial charge in [0.15, 0.2) is 5.65 Å². The number of amides is 1. The quantitative estimate of drug-likeness (QED) is 0.348. The number of aromatic nitrogens is 3. The summed E-state index contributed by atoms with van der Waals surface area (Å²) in [5.74, 6) is 6.34. The second-order valence-corrected chi connectivity index (χ2v) is 8.75. The van der Waals surface area contributed by atoms with Crippen LogP contribution in [0.2, 0.25) is 0 Å². The first-order valence-corrected chi connectivity index (χ1v) is 12.1. The number of fused-ring (bicyclic) bond motifs is 1. The number of hydrogen-bond acceptors (Lipinski definition) is 6. The maximum Gasteiger partial charge on any atom is 0.253 e. The molecule has 1 saturated heterocycles. The molecule has 0 radical (unpaired) electrons. The molecular weight excluding hydrogens is 464 g/mol. The van der Waals surface area contributed by atoms with Crippen LogP contribution in [0.1, 0.15) is 37.5 Å². The third-order valence-electron chi connectivity index (χ3n) is 6.30. The summed E-state index contributed by atoms with van der Waals surface area (Å²) in [4.78, 5) is 32.5. The van der Waals surface area contributed by atoms with Crippen molar-refractivity contribution in [3.8, 4) is 23.1 Å². The number of carbonyl (C=O) groups excluding carboxylic acids is 2. The van der Waals surface area contributed by atoms with E-state index in [-0.39, 0.29) is 5.91 Å². The van der Waals surface area contributed by atoms with E-state index in [1.54, 1.807) is 22.8 Å². The topological polar surface area (TPSA) is 96.8 Å². The number of likely N-dealkylation sites (N-methyl/N-ethyl adjacent to an activating group) is 1. The molecule has 0 atom stereocenters. The number of nitrogens with two attached hydrogens (primary N) is 1. The molecule has 8 heteroatoms. The van der Waals surface area contributed by atoms with Gasteiger partial charge in [0.1, 0.15) is 12.0 Å². The Morgan fingerprint density at radius 1 is 0.973 bits per heavy atom. The highest BCUT2D eigenvalue weighted by molar-refractivity contribution is 5.94. The number of aldehydes is 1. The van der Waals surface area contributed by atoms with Crippen LogP contribution in [0.5, 0.6) is 0 Å². The Morgan fingerprint density at radius 3 is 2.41 bits per heavy atom. The second kappa shape index (κ2) is 11.6. The molecular formula is C29H30N6O2. The largest absolute Gasteiger partial charge is 0.336 e. The molecule has 1 aliphatic heterocycles. The van der Waals surface area contributed by atoms with Gasteiger partial charge in [-0.05, 0) is 62.8 Å². The number of carbonyl (C=O) groups is 2. The van der Waals surface area contributed by atoms with Crippen molar-refractivity contribution in [3.63, 3.8) is 0 Å². The molecule has 2 N–H and O–H groups in total. The highest BCUT2D eigenvalue weighted by atomic mass is 16.2. The fourth-order valence-electron chi connectivity index (χ4n) is 4.07. The minimum absolute atomic E-state index is 0.0640. The number of benzene rings is 2. The lowest BCUT2D eigenvalue weighted by molar-refractivity contribution is 0.0664. The SMILES string of the molecule is CN.Cc1ccc(C=O)cc1C#Cc1cnc2ccc(-c3ccc(C(=O)N4CCN(C)CC4)cc3)nn12. The zero-order chi connectivity index (χ0) is 26.4. The summed E-state index contributed by atoms with van der Waals surface area (Å²) in [7, 11) is 3.57. The second-order valence-electron chi connectivity index (χ2n) is 8.75. The van der Waals surface area contributed by atoms with Gasteiger partial charge >= 0.3 is 0 Å². The number of aryl methyl sites for hydroxylation is 1. The lowest BCUT2D eigenvalue weighted by Gasteiger charge is -2.32. The van der Waals surface area contributed by atoms with Gasteiger partial charge in [-0.1, -0.05) is 30.2 Å². The molecule has 37 heavy (non-hydrogen) atoms. The predicted molar refractivity (Wildman–Crippen MR) is 144 cm³/mol. The fraction of sp³-hybridized carbons (Fsp3) is 0.241. The van der Waals surface area contributed by atoms with E-state index < -0.39 is 0 Å². The molecule has 1 fully saturated rings. The molecule has 0 aliphatic carbocycles. The molecule has 0 saturated carbocycles. The van der Waals surface area contributed by atoms with Crippen LogP contribution in [0.15, 0.2) is 60.8 Å². The average Bonchev–Trinajstić information content (AvgIpc) is 3.36. The monoisotopic (exact) mass is 494 g/mol. The lowest BCUT2D eigenvalue weighted by Crippen LogP contribution is -2.47. The summed E-state index contributed by atoms with van der Waals surface area (Å²) >= 11 is 0. The summed E-state index contributed by atoms with van der Waals surface area (Å²) < 4.78 is 1.71. The van der Waals surface area contributed by atoms with E-state index in [1.807, 2.05) is 54.3 Å². The molecule has 188 valence electrons. The van der Waals surface area contributed by atoms with Gasteiger partial charge in [-0.15, -0.1) is 0 Å². The summed E-state index contributed by atoms with van der Waals surface area (Å²) in [6, 6.07) is 16.8. The molecule has 1 amide bonds. The third-order valence-corrected chi connectivity index (χ3v) is 6.30. The van der Waals surface area contributed by atoms with E-state index in [1.165, 1.54) is 7.05 Å². The van der Waals surface area contributed by atoms with Gasteiger partial charge in [0.25, 0.3) is 5.91 Å². The van der Waals surface area contributed by atoms with Crippen molar-refractivity contribution in [1.29, 1.82) is 0 Å². The third kappa shape index (κ3) is 5.75. The van der Waals surface area contributed by atoms with Gasteiger partial charge in [-0.3, -0.25) is 9.59 Å². The minimum atomic E-state index is 0.0640. The van der Waals surface area contributed by atoms with Crippen molar-refractivity contribution in [1.82, 2.24) is 24.4 Å². The summed E-state index contributed by atoms with van der Waals surface area (Å²) in [5.41, 5.74) is 10.6. The van der Waals surface area contributed by atoms with Gasteiger partial charge in [0.05, 0.1) is 11.9 Å². The number of rotatable bonds is 3. The standard InChI is InChI=1S/C28H25N5O2.CH5N/c1-20-3-4-21(19-34)17-24(20)9-10-25-18-29-27-12-11-26(30-33(25)27)22-5-7-23(8-6-22)28(35)32-15-13-31(2)14-16-32;1-2/h3-8,11-12,17-19H,13-16H2,1-2H3;2H2,1H3. The van der Waals surface area contributed by atoms with Crippen LogP contribution in [0.3, 0.4) is 0 Å². The maximum absolute atomic E-state index is 12.8. The molecule has 3 heterocycles. The zero-order valence-corrected chi connectivity index (χ0v) is 21.3. The van der Waals surface area contributed by atoms with E-state index >= 15 is 0 Å². The fourth-order valence-corrected chi connectivity index (χ4v) is 4.07. The predicted octanol–water partition coefficient (Wildman–Crippen LogP) is 2.88. The van der Waals surface area contributed by atoms with Crippen LogP contribution in [-0.4, -0.2) is 76.9 Å². The number of imidazole rings is 1. The number of piperazine rings is 1. The van der Waals surface area contributed by atoms with E-state index in [2.05, 4.69) is 34.5 Å². The van der Waals surface area contributed by atoms with E-state index in [0.29, 0.717) is 22.5 Å². The Hall–Kier alpha value is -4.32. The summed E-state index contributed by atoms with van der Waals surface area (Å²) in [6.07, 6.45) is 2.51. The Balaban J connectivity index is 0.00000156. The van der Waals surface area contributed by atoms with Crippen molar-refractivity contribution in [2.45, 2.75) is 6.92 Å². The molecule has 0 spiro atoms. The average molecular weight is 495 g/mol. The zero-order valence-electron chi connectivity index (χ0n) is 21.3. The van der Waals surface area contributed by atoms with Gasteiger partial charge in [0, 0.05) is 48.4 Å². The van der Waals surface area contributed by atoms with Crippen molar-refractivity contribution in [2.75, 3.05) is 40.3 Å². The Labute approximate surface area is 216 Å². The molecule has 8 nitrogen and oxygen atoms in total. The van der Waals surface area contributed by atoms with Crippen molar-refractivity contribution in [2.24, 2.45) is 5.73 Å². The summed E-state index contributed by atoms with van der Waals surface area (Å²) in [6.45, 7) is 5.25. The Kier molecular flexibility index (Phi) is 8.08. The van der Waals surface area contributed by atoms with Crippen LogP contribution in [0, 0.1) is 18.8 Å². The van der Waals surface area contributed by atoms with Crippen LogP contribution in [0.4, 0.5) is 0 Å². The molecule has 0 bridgehead atoms. The van der Waals surface area contributed by atoms with Gasteiger partial charge in [-0.25, -0.2) is 9.50 Å². The van der Waals surface area contributed by atoms with Crippen molar-refractivity contribution >= 4 is 17.8 Å². The first-order valence-electron chi connectivity index (χ1n) is 12.1. The molecule has 4 aromatic rings. The summed E-state index contributed by atoms with van der Waals surface area (Å²) in [5, 5.41) is 4.74. The van der Waals surface area contributed by atoms with Gasteiger partial charge < -0.3 is 15.5 Å². The van der Waals surface area contributed by atoms with Crippen LogP contribution in [-0.2, 0) is 0 Å². The highest BCUT2D eigenvalue weighted by Gasteiger charge is 2.20. The van der Waals surface area contributed by atoms with Crippen LogP contribution < -0.4 is 5.73 Å². The molecule has 2 aromatic heterocycles. The number of hydrogen-bond donors (Lipinski definition) is 1. The van der Waals surface area contributed by atoms with E-state index in [9.17, 15) is 9.59 Å². The smallest absolute Gasteiger partial charge is 0.253 e. The van der Waals surface area contributed by atoms with Crippen LogP contribution >= 0.6 is 0 Å². The van der Waals surface area contributed by atoms with Gasteiger partial charge in [0.2, 0.25) is 0 Å². The maximum atomic E-state index is 12.8. The van der Waals surface area contributed by atoms with Crippen molar-refractivity contribution in [3.05, 3.63) is 88.7 Å². The molecule has 5 rings (SSSR count). The molecule has 1 aliphatic rings. The van der Waals surface area contributed by atoms with Crippen molar-refractivity contribution < 1.29 is 9.59 Å². The molecule has 2 aromatic carbocycles. The van der Waals surface area contributed by atoms with E-state index in [0.717, 1.165) is 54.8 Å². The number of nitrogens with zero attached hydrogens (tertiary/aromatic N) is 5. The normalized spacial score (nSPS) is 13.4. The Bertz CT molecular complexity index is 1470. The van der Waals surface area contributed by atoms with Crippen LogP contribution in [0.25, 0.3) is 16.9 Å². The lowest BCUT2D eigenvalue weighted by atomic mass is 10.1. The molecule has 0 unspecified atom stereocenters. The highest BCUT2D eigenvalue weighted by Crippen LogP contribution is 2.20. The van der Waals surface area contributed by atoms with E-state index in [4.69, 9.17) is 5.10 Å². The first kappa shape index (κ1) is 25.8.